The van der Waals surface area contributed by atoms with Crippen molar-refractivity contribution in [2.75, 3.05) is 14.1 Å². The molecule has 0 spiro atoms. The Bertz CT molecular complexity index is 299. The molecule has 0 amide bonds. The minimum Gasteiger partial charge on any atom is -0.306 e. The minimum atomic E-state index is 0.818. The zero-order chi connectivity index (χ0) is 21.6. The lowest BCUT2D eigenvalue weighted by molar-refractivity contribution is 0.251. The molecule has 1 heteroatoms. The van der Waals surface area contributed by atoms with E-state index >= 15 is 0 Å². The fraction of sp³-hybridized carbons (Fsp3) is 1.00. The van der Waals surface area contributed by atoms with Gasteiger partial charge in [-0.25, -0.2) is 0 Å². The Kier molecular flexibility index (Phi) is 22.6. The van der Waals surface area contributed by atoms with Crippen LogP contribution >= 0.6 is 0 Å². The zero-order valence-electron chi connectivity index (χ0n) is 21.5. The molecule has 0 aromatic rings. The Balaban J connectivity index is 3.50. The smallest absolute Gasteiger partial charge is 0.00891 e. The van der Waals surface area contributed by atoms with Gasteiger partial charge < -0.3 is 4.90 Å². The van der Waals surface area contributed by atoms with Crippen molar-refractivity contribution in [1.82, 2.24) is 4.90 Å². The van der Waals surface area contributed by atoms with Crippen molar-refractivity contribution >= 4 is 0 Å². The Labute approximate surface area is 186 Å². The van der Waals surface area contributed by atoms with E-state index in [1.165, 1.54) is 135 Å². The second-order valence-electron chi connectivity index (χ2n) is 10.2. The average Bonchev–Trinajstić information content (AvgIpc) is 2.70. The molecule has 29 heavy (non-hydrogen) atoms. The van der Waals surface area contributed by atoms with Crippen molar-refractivity contribution in [3.8, 4) is 0 Å². The maximum atomic E-state index is 2.48. The number of rotatable bonds is 23. The van der Waals surface area contributed by atoms with Crippen LogP contribution in [-0.2, 0) is 0 Å². The summed E-state index contributed by atoms with van der Waals surface area (Å²) in [4.78, 5) is 2.48. The first-order valence-electron chi connectivity index (χ1n) is 13.8. The van der Waals surface area contributed by atoms with Crippen LogP contribution in [0, 0.1) is 5.92 Å². The van der Waals surface area contributed by atoms with E-state index in [4.69, 9.17) is 0 Å². The van der Waals surface area contributed by atoms with Crippen LogP contribution in [0.2, 0.25) is 0 Å². The van der Waals surface area contributed by atoms with Gasteiger partial charge in [-0.15, -0.1) is 0 Å². The van der Waals surface area contributed by atoms with Gasteiger partial charge in [0.2, 0.25) is 0 Å². The second kappa shape index (κ2) is 22.6. The lowest BCUT2D eigenvalue weighted by Crippen LogP contribution is -2.27. The van der Waals surface area contributed by atoms with E-state index in [0.717, 1.165) is 12.0 Å². The fourth-order valence-electron chi connectivity index (χ4n) is 4.64. The minimum absolute atomic E-state index is 0.818. The molecule has 2 unspecified atom stereocenters. The summed E-state index contributed by atoms with van der Waals surface area (Å²) in [7, 11) is 4.57. The monoisotopic (exact) mass is 409 g/mol. The fourth-order valence-corrected chi connectivity index (χ4v) is 4.64. The Morgan fingerprint density at radius 3 is 1.10 bits per heavy atom. The van der Waals surface area contributed by atoms with Crippen molar-refractivity contribution in [2.45, 2.75) is 162 Å². The SMILES string of the molecule is CCCCCCCCC(C)CCCCCCCC(CCCCCCCC)N(C)C. The summed E-state index contributed by atoms with van der Waals surface area (Å²) in [6.07, 6.45) is 30.3. The van der Waals surface area contributed by atoms with Crippen LogP contribution in [0.25, 0.3) is 0 Å². The maximum Gasteiger partial charge on any atom is 0.00891 e. The highest BCUT2D eigenvalue weighted by atomic mass is 15.1. The van der Waals surface area contributed by atoms with Gasteiger partial charge in [0.05, 0.1) is 0 Å². The summed E-state index contributed by atoms with van der Waals surface area (Å²) in [6.45, 7) is 7.09. The molecular formula is C28H59N. The molecule has 0 aliphatic rings. The third kappa shape index (κ3) is 21.0. The maximum absolute atomic E-state index is 2.48. The van der Waals surface area contributed by atoms with E-state index in [1.807, 2.05) is 0 Å². The van der Waals surface area contributed by atoms with Crippen molar-refractivity contribution in [3.05, 3.63) is 0 Å². The molecule has 0 N–H and O–H groups in total. The van der Waals surface area contributed by atoms with E-state index in [9.17, 15) is 0 Å². The van der Waals surface area contributed by atoms with Crippen molar-refractivity contribution in [3.63, 3.8) is 0 Å². The summed E-state index contributed by atoms with van der Waals surface area (Å²) in [5.41, 5.74) is 0. The normalized spacial score (nSPS) is 13.9. The third-order valence-electron chi connectivity index (χ3n) is 6.91. The number of unbranched alkanes of at least 4 members (excludes halogenated alkanes) is 14. The quantitative estimate of drug-likeness (QED) is 0.152. The Morgan fingerprint density at radius 1 is 0.448 bits per heavy atom. The van der Waals surface area contributed by atoms with Gasteiger partial charge >= 0.3 is 0 Å². The predicted molar refractivity (Wildman–Crippen MR) is 135 cm³/mol. The highest BCUT2D eigenvalue weighted by Gasteiger charge is 2.10. The van der Waals surface area contributed by atoms with E-state index in [0.29, 0.717) is 0 Å². The van der Waals surface area contributed by atoms with Crippen LogP contribution in [0.4, 0.5) is 0 Å². The summed E-state index contributed by atoms with van der Waals surface area (Å²) in [5, 5.41) is 0. The predicted octanol–water partition coefficient (Wildman–Crippen LogP) is 9.78. The standard InChI is InChI=1S/C28H59N/c1-6-8-10-12-15-19-23-27(3)24-20-16-14-18-22-26-28(29(4)5)25-21-17-13-11-9-7-2/h27-28H,6-26H2,1-5H3. The Morgan fingerprint density at radius 2 is 0.759 bits per heavy atom. The molecule has 0 saturated heterocycles. The average molecular weight is 410 g/mol. The van der Waals surface area contributed by atoms with E-state index in [-0.39, 0.29) is 0 Å². The molecule has 0 aromatic carbocycles. The summed E-state index contributed by atoms with van der Waals surface area (Å²) in [5.74, 6) is 0.955. The van der Waals surface area contributed by atoms with Crippen LogP contribution in [0.1, 0.15) is 156 Å². The van der Waals surface area contributed by atoms with Gasteiger partial charge in [0, 0.05) is 6.04 Å². The van der Waals surface area contributed by atoms with Crippen molar-refractivity contribution < 1.29 is 0 Å². The summed E-state index contributed by atoms with van der Waals surface area (Å²) < 4.78 is 0. The lowest BCUT2D eigenvalue weighted by atomic mass is 9.95. The molecule has 0 rings (SSSR count). The summed E-state index contributed by atoms with van der Waals surface area (Å²) in [6, 6.07) is 0.818. The molecule has 0 heterocycles. The first-order chi connectivity index (χ1) is 14.1. The van der Waals surface area contributed by atoms with Crippen LogP contribution < -0.4 is 0 Å². The van der Waals surface area contributed by atoms with Crippen LogP contribution in [-0.4, -0.2) is 25.0 Å². The molecule has 0 fully saturated rings. The van der Waals surface area contributed by atoms with Gasteiger partial charge in [-0.2, -0.15) is 0 Å². The van der Waals surface area contributed by atoms with Crippen molar-refractivity contribution in [2.24, 2.45) is 5.92 Å². The van der Waals surface area contributed by atoms with Gasteiger partial charge in [-0.1, -0.05) is 143 Å². The van der Waals surface area contributed by atoms with E-state index < -0.39 is 0 Å². The first-order valence-corrected chi connectivity index (χ1v) is 13.8. The number of hydrogen-bond donors (Lipinski definition) is 0. The molecule has 176 valence electrons. The largest absolute Gasteiger partial charge is 0.306 e. The van der Waals surface area contributed by atoms with Crippen LogP contribution in [0.15, 0.2) is 0 Å². The van der Waals surface area contributed by atoms with Crippen LogP contribution in [0.5, 0.6) is 0 Å². The molecule has 1 nitrogen and oxygen atoms in total. The van der Waals surface area contributed by atoms with Gasteiger partial charge in [0.1, 0.15) is 0 Å². The van der Waals surface area contributed by atoms with Crippen LogP contribution in [0.3, 0.4) is 0 Å². The van der Waals surface area contributed by atoms with Gasteiger partial charge in [0.15, 0.2) is 0 Å². The van der Waals surface area contributed by atoms with Gasteiger partial charge in [0.25, 0.3) is 0 Å². The molecule has 0 radical (unpaired) electrons. The third-order valence-corrected chi connectivity index (χ3v) is 6.91. The molecule has 0 aromatic heterocycles. The zero-order valence-corrected chi connectivity index (χ0v) is 21.5. The second-order valence-corrected chi connectivity index (χ2v) is 10.2. The van der Waals surface area contributed by atoms with Gasteiger partial charge in [-0.3, -0.25) is 0 Å². The van der Waals surface area contributed by atoms with Crippen molar-refractivity contribution in [1.29, 1.82) is 0 Å². The molecular weight excluding hydrogens is 350 g/mol. The molecule has 0 aliphatic heterocycles. The lowest BCUT2D eigenvalue weighted by Gasteiger charge is -2.24. The topological polar surface area (TPSA) is 3.24 Å². The molecule has 2 atom stereocenters. The van der Waals surface area contributed by atoms with E-state index in [1.54, 1.807) is 0 Å². The van der Waals surface area contributed by atoms with Gasteiger partial charge in [-0.05, 0) is 32.9 Å². The molecule has 0 aliphatic carbocycles. The number of hydrogen-bond acceptors (Lipinski definition) is 1. The molecule has 0 saturated carbocycles. The number of nitrogens with zero attached hydrogens (tertiary/aromatic N) is 1. The Hall–Kier alpha value is -0.0400. The highest BCUT2D eigenvalue weighted by molar-refractivity contribution is 4.67. The summed E-state index contributed by atoms with van der Waals surface area (Å²) >= 11 is 0. The molecule has 0 bridgehead atoms. The van der Waals surface area contributed by atoms with E-state index in [2.05, 4.69) is 39.8 Å². The highest BCUT2D eigenvalue weighted by Crippen LogP contribution is 2.20. The first kappa shape index (κ1) is 29.0.